The molecule has 0 N–H and O–H groups in total. The van der Waals surface area contributed by atoms with E-state index in [0.29, 0.717) is 24.4 Å². The van der Waals surface area contributed by atoms with Crippen LogP contribution in [0.2, 0.25) is 0 Å². The Kier molecular flexibility index (Phi) is 3.74. The Bertz CT molecular complexity index is 1070. The van der Waals surface area contributed by atoms with Crippen LogP contribution in [-0.2, 0) is 9.49 Å². The summed E-state index contributed by atoms with van der Waals surface area (Å²) in [4.78, 5) is 21.4. The van der Waals surface area contributed by atoms with Crippen LogP contribution in [0.15, 0.2) is 46.0 Å². The van der Waals surface area contributed by atoms with E-state index in [0.717, 1.165) is 28.1 Å². The molecule has 0 spiro atoms. The van der Waals surface area contributed by atoms with E-state index in [2.05, 4.69) is 11.8 Å². The third-order valence-corrected chi connectivity index (χ3v) is 7.04. The number of rotatable bonds is 3. The van der Waals surface area contributed by atoms with Crippen molar-refractivity contribution in [1.82, 2.24) is 0 Å². The van der Waals surface area contributed by atoms with Crippen LogP contribution in [-0.4, -0.2) is 23.8 Å². The average Bonchev–Trinajstić information content (AvgIpc) is 3.37. The number of carbonyl (C=O) groups excluding carboxylic acids is 1. The lowest BCUT2D eigenvalue weighted by atomic mass is 9.90. The Balaban J connectivity index is 1.66. The summed E-state index contributed by atoms with van der Waals surface area (Å²) in [7, 11) is 0. The molecule has 1 atom stereocenters. The van der Waals surface area contributed by atoms with Gasteiger partial charge in [-0.05, 0) is 30.7 Å². The van der Waals surface area contributed by atoms with Crippen LogP contribution in [0.5, 0.6) is 0 Å². The summed E-state index contributed by atoms with van der Waals surface area (Å²) in [6.07, 6.45) is 3.16. The second kappa shape index (κ2) is 5.90. The Morgan fingerprint density at radius 3 is 3.08 bits per heavy atom. The van der Waals surface area contributed by atoms with Crippen molar-refractivity contribution in [3.8, 4) is 0 Å². The van der Waals surface area contributed by atoms with Gasteiger partial charge in [-0.15, -0.1) is 11.3 Å². The quantitative estimate of drug-likeness (QED) is 0.480. The first-order chi connectivity index (χ1) is 12.7. The molecular formula is C19H15IN2O3S. The van der Waals surface area contributed by atoms with Gasteiger partial charge in [0.2, 0.25) is 11.4 Å². The number of amidine groups is 1. The minimum absolute atomic E-state index is 0.0180. The summed E-state index contributed by atoms with van der Waals surface area (Å²) in [5.74, 6) is 0.698. The van der Waals surface area contributed by atoms with Crippen LogP contribution in [0.25, 0.3) is 11.0 Å². The van der Waals surface area contributed by atoms with Crippen molar-refractivity contribution < 1.29 is 12.3 Å². The molecule has 0 saturated carbocycles. The number of nitrogens with zero attached hydrogens (tertiary/aromatic N) is 2. The standard InChI is InChI=1S/C19H15IN2O3S/c1-2-13-10-14-16(23)19(25-20)6-7-22(18(19)21-17(14)26-13)12-4-3-11-5-8-24-15(11)9-12/h3-5,8-10H,2,6-7H2,1H3/t19-/m1/s1. The van der Waals surface area contributed by atoms with E-state index in [1.807, 2.05) is 53.3 Å². The van der Waals surface area contributed by atoms with Crippen molar-refractivity contribution in [3.05, 3.63) is 47.0 Å². The predicted octanol–water partition coefficient (Wildman–Crippen LogP) is 5.30. The number of thiophene rings is 1. The molecule has 0 bridgehead atoms. The maximum atomic E-state index is 13.3. The lowest BCUT2D eigenvalue weighted by molar-refractivity contribution is 0.0770. The first-order valence-corrected chi connectivity index (χ1v) is 10.2. The smallest absolute Gasteiger partial charge is 0.206 e. The lowest BCUT2D eigenvalue weighted by Gasteiger charge is -2.30. The van der Waals surface area contributed by atoms with E-state index in [1.54, 1.807) is 17.6 Å². The average molecular weight is 478 g/mol. The Morgan fingerprint density at radius 1 is 1.38 bits per heavy atom. The van der Waals surface area contributed by atoms with Crippen LogP contribution in [0.3, 0.4) is 0 Å². The van der Waals surface area contributed by atoms with Crippen LogP contribution in [0.1, 0.15) is 28.6 Å². The fourth-order valence-electron chi connectivity index (χ4n) is 3.71. The van der Waals surface area contributed by atoms with Crippen LogP contribution in [0.4, 0.5) is 10.7 Å². The number of hydrogen-bond donors (Lipinski definition) is 0. The number of hydrogen-bond acceptors (Lipinski definition) is 6. The number of fused-ring (bicyclic) bond motifs is 3. The molecule has 4 heterocycles. The molecule has 26 heavy (non-hydrogen) atoms. The number of halogens is 1. The van der Waals surface area contributed by atoms with E-state index >= 15 is 0 Å². The van der Waals surface area contributed by atoms with Crippen LogP contribution < -0.4 is 4.90 Å². The summed E-state index contributed by atoms with van der Waals surface area (Å²) in [6.45, 7) is 2.76. The molecular weight excluding hydrogens is 463 g/mol. The SMILES string of the molecule is CCc1cc2c(s1)N=C1N(c3ccc4ccoc4c3)CC[C@@]1(OI)C2=O. The number of furan rings is 1. The fraction of sp³-hybridized carbons (Fsp3) is 0.263. The van der Waals surface area contributed by atoms with Crippen molar-refractivity contribution >= 4 is 67.6 Å². The van der Waals surface area contributed by atoms with Gasteiger partial charge in [-0.2, -0.15) is 0 Å². The highest BCUT2D eigenvalue weighted by Crippen LogP contribution is 2.46. The number of ketones is 1. The minimum atomic E-state index is -1.00. The molecule has 1 saturated heterocycles. The number of Topliss-reactive ketones (excluding diaryl/α,β-unsaturated/α-hetero) is 1. The molecule has 2 aliphatic rings. The number of carbonyl (C=O) groups is 1. The summed E-state index contributed by atoms with van der Waals surface area (Å²) < 4.78 is 11.3. The third kappa shape index (κ3) is 2.17. The molecule has 1 aromatic carbocycles. The number of anilines is 1. The van der Waals surface area contributed by atoms with E-state index in [-0.39, 0.29) is 5.78 Å². The molecule has 0 aliphatic carbocycles. The van der Waals surface area contributed by atoms with Gasteiger partial charge in [-0.1, -0.05) is 6.92 Å². The maximum Gasteiger partial charge on any atom is 0.206 e. The Morgan fingerprint density at radius 2 is 2.27 bits per heavy atom. The van der Waals surface area contributed by atoms with Crippen LogP contribution >= 0.6 is 34.3 Å². The zero-order valence-electron chi connectivity index (χ0n) is 14.0. The largest absolute Gasteiger partial charge is 0.464 e. The predicted molar refractivity (Wildman–Crippen MR) is 111 cm³/mol. The summed E-state index contributed by atoms with van der Waals surface area (Å²) in [6, 6.07) is 9.96. The summed E-state index contributed by atoms with van der Waals surface area (Å²) in [5, 5.41) is 1.84. The van der Waals surface area contributed by atoms with Crippen molar-refractivity contribution in [2.45, 2.75) is 25.4 Å². The lowest BCUT2D eigenvalue weighted by Crippen LogP contribution is -2.49. The molecule has 0 unspecified atom stereocenters. The zero-order chi connectivity index (χ0) is 17.9. The molecule has 0 radical (unpaired) electrons. The second-order valence-electron chi connectivity index (χ2n) is 6.50. The maximum absolute atomic E-state index is 13.3. The van der Waals surface area contributed by atoms with Gasteiger partial charge in [0.15, 0.2) is 5.84 Å². The van der Waals surface area contributed by atoms with E-state index < -0.39 is 5.60 Å². The zero-order valence-corrected chi connectivity index (χ0v) is 17.0. The van der Waals surface area contributed by atoms with Crippen LogP contribution in [0, 0.1) is 0 Å². The van der Waals surface area contributed by atoms with E-state index in [4.69, 9.17) is 12.5 Å². The van der Waals surface area contributed by atoms with E-state index in [9.17, 15) is 4.79 Å². The highest BCUT2D eigenvalue weighted by atomic mass is 127. The molecule has 132 valence electrons. The molecule has 2 aliphatic heterocycles. The van der Waals surface area contributed by atoms with Gasteiger partial charge in [-0.25, -0.2) is 4.99 Å². The molecule has 0 amide bonds. The molecule has 1 fully saturated rings. The number of aryl methyl sites for hydroxylation is 1. The van der Waals surface area contributed by atoms with Gasteiger partial charge in [0.1, 0.15) is 33.6 Å². The number of aliphatic imine (C=N–C) groups is 1. The first-order valence-electron chi connectivity index (χ1n) is 8.47. The third-order valence-electron chi connectivity index (χ3n) is 5.12. The van der Waals surface area contributed by atoms with Gasteiger partial charge >= 0.3 is 0 Å². The molecule has 5 rings (SSSR count). The molecule has 2 aromatic heterocycles. The Hall–Kier alpha value is -1.71. The second-order valence-corrected chi connectivity index (χ2v) is 8.05. The normalized spacial score (nSPS) is 21.8. The van der Waals surface area contributed by atoms with Crippen molar-refractivity contribution in [3.63, 3.8) is 0 Å². The van der Waals surface area contributed by atoms with Gasteiger partial charge in [0, 0.05) is 35.0 Å². The topological polar surface area (TPSA) is 55.0 Å². The monoisotopic (exact) mass is 478 g/mol. The van der Waals surface area contributed by atoms with E-state index in [1.165, 1.54) is 4.88 Å². The van der Waals surface area contributed by atoms with Gasteiger partial charge < -0.3 is 9.32 Å². The van der Waals surface area contributed by atoms with Gasteiger partial charge in [0.05, 0.1) is 11.8 Å². The molecule has 7 heteroatoms. The molecule has 5 nitrogen and oxygen atoms in total. The fourth-order valence-corrected chi connectivity index (χ4v) is 5.29. The summed E-state index contributed by atoms with van der Waals surface area (Å²) >= 11 is 3.43. The van der Waals surface area contributed by atoms with Crippen molar-refractivity contribution in [1.29, 1.82) is 0 Å². The summed E-state index contributed by atoms with van der Waals surface area (Å²) in [5.41, 5.74) is 1.47. The highest BCUT2D eigenvalue weighted by molar-refractivity contribution is 14.1. The van der Waals surface area contributed by atoms with Gasteiger partial charge in [-0.3, -0.25) is 7.86 Å². The van der Waals surface area contributed by atoms with Gasteiger partial charge in [0.25, 0.3) is 0 Å². The number of benzene rings is 1. The molecule has 3 aromatic rings. The highest BCUT2D eigenvalue weighted by Gasteiger charge is 2.55. The van der Waals surface area contributed by atoms with Crippen molar-refractivity contribution in [2.75, 3.05) is 11.4 Å². The first kappa shape index (κ1) is 16.5. The Labute approximate surface area is 168 Å². The minimum Gasteiger partial charge on any atom is -0.464 e. The van der Waals surface area contributed by atoms with Crippen molar-refractivity contribution in [2.24, 2.45) is 4.99 Å².